The Hall–Kier alpha value is -3.48. The lowest BCUT2D eigenvalue weighted by Gasteiger charge is -2.08. The topological polar surface area (TPSA) is 76.1 Å². The van der Waals surface area contributed by atoms with Gasteiger partial charge in [0.25, 0.3) is 5.91 Å². The third kappa shape index (κ3) is 5.01. The van der Waals surface area contributed by atoms with Crippen molar-refractivity contribution in [3.63, 3.8) is 0 Å². The first-order valence-corrected chi connectivity index (χ1v) is 8.40. The number of rotatable bonds is 7. The van der Waals surface area contributed by atoms with Crippen LogP contribution < -0.4 is 15.4 Å². The zero-order valence-electron chi connectivity index (χ0n) is 14.8. The van der Waals surface area contributed by atoms with E-state index in [1.165, 1.54) is 18.5 Å². The molecule has 0 bridgehead atoms. The van der Waals surface area contributed by atoms with Crippen LogP contribution in [0.5, 0.6) is 5.75 Å². The number of halogens is 1. The molecule has 27 heavy (non-hydrogen) atoms. The van der Waals surface area contributed by atoms with Gasteiger partial charge >= 0.3 is 0 Å². The van der Waals surface area contributed by atoms with E-state index in [-0.39, 0.29) is 11.7 Å². The molecule has 2 aromatic carbocycles. The highest BCUT2D eigenvalue weighted by molar-refractivity contribution is 5.93. The molecule has 0 aliphatic heterocycles. The zero-order chi connectivity index (χ0) is 19.1. The normalized spacial score (nSPS) is 10.3. The Balaban J connectivity index is 1.54. The lowest BCUT2D eigenvalue weighted by Crippen LogP contribution is -2.26. The first-order valence-electron chi connectivity index (χ1n) is 8.40. The van der Waals surface area contributed by atoms with Crippen molar-refractivity contribution >= 4 is 17.5 Å². The van der Waals surface area contributed by atoms with Gasteiger partial charge in [0.1, 0.15) is 11.6 Å². The molecule has 0 fully saturated rings. The monoisotopic (exact) mass is 366 g/mol. The number of nitrogens with zero attached hydrogens (tertiary/aromatic N) is 2. The van der Waals surface area contributed by atoms with E-state index < -0.39 is 0 Å². The Bertz CT molecular complexity index is 916. The van der Waals surface area contributed by atoms with Crippen molar-refractivity contribution in [3.05, 3.63) is 77.9 Å². The minimum absolute atomic E-state index is 0.275. The first-order chi connectivity index (χ1) is 13.2. The van der Waals surface area contributed by atoms with Crippen LogP contribution in [0.25, 0.3) is 0 Å². The van der Waals surface area contributed by atoms with E-state index in [9.17, 15) is 9.18 Å². The highest BCUT2D eigenvalue weighted by Gasteiger charge is 2.08. The summed E-state index contributed by atoms with van der Waals surface area (Å²) < 4.78 is 18.7. The van der Waals surface area contributed by atoms with Crippen molar-refractivity contribution in [1.29, 1.82) is 0 Å². The molecule has 0 aliphatic carbocycles. The molecule has 3 aromatic rings. The summed E-state index contributed by atoms with van der Waals surface area (Å²) >= 11 is 0. The van der Waals surface area contributed by atoms with Crippen molar-refractivity contribution in [3.8, 4) is 5.75 Å². The Morgan fingerprint density at radius 2 is 1.89 bits per heavy atom. The minimum atomic E-state index is -0.306. The number of ether oxygens (including phenoxy) is 1. The molecule has 6 nitrogen and oxygen atoms in total. The molecule has 3 rings (SSSR count). The molecule has 0 spiro atoms. The second kappa shape index (κ2) is 8.75. The van der Waals surface area contributed by atoms with Crippen LogP contribution in [-0.4, -0.2) is 29.5 Å². The first kappa shape index (κ1) is 18.3. The van der Waals surface area contributed by atoms with Gasteiger partial charge in [-0.25, -0.2) is 14.4 Å². The van der Waals surface area contributed by atoms with E-state index in [0.29, 0.717) is 35.8 Å². The largest absolute Gasteiger partial charge is 0.497 e. The van der Waals surface area contributed by atoms with E-state index in [2.05, 4.69) is 20.6 Å². The minimum Gasteiger partial charge on any atom is -0.497 e. The van der Waals surface area contributed by atoms with E-state index in [1.54, 1.807) is 25.3 Å². The maximum absolute atomic E-state index is 13.6. The number of hydrogen-bond donors (Lipinski definition) is 2. The van der Waals surface area contributed by atoms with Gasteiger partial charge < -0.3 is 15.4 Å². The zero-order valence-corrected chi connectivity index (χ0v) is 14.8. The predicted octanol–water partition coefficient (Wildman–Crippen LogP) is 3.34. The van der Waals surface area contributed by atoms with Crippen LogP contribution in [0.1, 0.15) is 15.9 Å². The van der Waals surface area contributed by atoms with Gasteiger partial charge in [-0.2, -0.15) is 0 Å². The van der Waals surface area contributed by atoms with E-state index >= 15 is 0 Å². The standard InChI is InChI=1S/C20H19FN4O2/c1-27-17-7-4-6-16(11-17)25-20-23-12-15(13-24-20)19(26)22-10-9-14-5-2-3-8-18(14)21/h2-8,11-13H,9-10H2,1H3,(H,22,26)(H,23,24,25). The molecule has 1 amide bonds. The second-order valence-electron chi connectivity index (χ2n) is 5.75. The van der Waals surface area contributed by atoms with Gasteiger partial charge in [0, 0.05) is 30.7 Å². The van der Waals surface area contributed by atoms with Crippen molar-refractivity contribution in [2.45, 2.75) is 6.42 Å². The van der Waals surface area contributed by atoms with Gasteiger partial charge in [0.2, 0.25) is 5.95 Å². The molecule has 2 N–H and O–H groups in total. The number of nitrogens with one attached hydrogen (secondary N) is 2. The molecule has 0 saturated carbocycles. The van der Waals surface area contributed by atoms with E-state index in [4.69, 9.17) is 4.74 Å². The Morgan fingerprint density at radius 1 is 1.11 bits per heavy atom. The van der Waals surface area contributed by atoms with E-state index in [1.807, 2.05) is 24.3 Å². The van der Waals surface area contributed by atoms with Crippen LogP contribution in [0.3, 0.4) is 0 Å². The number of methoxy groups -OCH3 is 1. The van der Waals surface area contributed by atoms with Crippen LogP contribution >= 0.6 is 0 Å². The fourth-order valence-corrected chi connectivity index (χ4v) is 2.45. The summed E-state index contributed by atoms with van der Waals surface area (Å²) in [6.07, 6.45) is 3.29. The summed E-state index contributed by atoms with van der Waals surface area (Å²) in [5.41, 5.74) is 1.67. The van der Waals surface area contributed by atoms with Gasteiger partial charge in [-0.05, 0) is 30.2 Å². The summed E-state index contributed by atoms with van der Waals surface area (Å²) in [4.78, 5) is 20.4. The van der Waals surface area contributed by atoms with Gasteiger partial charge in [-0.3, -0.25) is 4.79 Å². The van der Waals surface area contributed by atoms with Gasteiger partial charge in [-0.1, -0.05) is 24.3 Å². The third-order valence-corrected chi connectivity index (χ3v) is 3.88. The highest BCUT2D eigenvalue weighted by atomic mass is 19.1. The number of carbonyl (C=O) groups is 1. The molecule has 0 aliphatic rings. The number of carbonyl (C=O) groups excluding carboxylic acids is 1. The molecule has 1 aromatic heterocycles. The number of aromatic nitrogens is 2. The van der Waals surface area contributed by atoms with Gasteiger partial charge in [-0.15, -0.1) is 0 Å². The molecule has 0 atom stereocenters. The molecule has 0 radical (unpaired) electrons. The number of amides is 1. The summed E-state index contributed by atoms with van der Waals surface area (Å²) in [7, 11) is 1.59. The molecular formula is C20H19FN4O2. The molecule has 7 heteroatoms. The fourth-order valence-electron chi connectivity index (χ4n) is 2.45. The molecule has 1 heterocycles. The maximum Gasteiger partial charge on any atom is 0.254 e. The lowest BCUT2D eigenvalue weighted by molar-refractivity contribution is 0.0953. The molecule has 138 valence electrons. The van der Waals surface area contributed by atoms with Crippen LogP contribution in [0, 0.1) is 5.82 Å². The third-order valence-electron chi connectivity index (χ3n) is 3.88. The quantitative estimate of drug-likeness (QED) is 0.671. The van der Waals surface area contributed by atoms with Crippen molar-refractivity contribution in [2.24, 2.45) is 0 Å². The van der Waals surface area contributed by atoms with Crippen molar-refractivity contribution < 1.29 is 13.9 Å². The smallest absolute Gasteiger partial charge is 0.254 e. The summed E-state index contributed by atoms with van der Waals surface area (Å²) in [6, 6.07) is 13.8. The Morgan fingerprint density at radius 3 is 2.63 bits per heavy atom. The van der Waals surface area contributed by atoms with Crippen LogP contribution in [0.4, 0.5) is 16.0 Å². The van der Waals surface area contributed by atoms with Gasteiger partial charge in [0.15, 0.2) is 0 Å². The number of anilines is 2. The van der Waals surface area contributed by atoms with Gasteiger partial charge in [0.05, 0.1) is 12.7 Å². The molecular weight excluding hydrogens is 347 g/mol. The predicted molar refractivity (Wildman–Crippen MR) is 101 cm³/mol. The fraction of sp³-hybridized carbons (Fsp3) is 0.150. The molecule has 0 unspecified atom stereocenters. The Labute approximate surface area is 156 Å². The van der Waals surface area contributed by atoms with Crippen LogP contribution in [-0.2, 0) is 6.42 Å². The van der Waals surface area contributed by atoms with E-state index in [0.717, 1.165) is 5.69 Å². The average Bonchev–Trinajstić information content (AvgIpc) is 2.70. The van der Waals surface area contributed by atoms with Crippen molar-refractivity contribution in [1.82, 2.24) is 15.3 Å². The lowest BCUT2D eigenvalue weighted by atomic mass is 10.1. The second-order valence-corrected chi connectivity index (χ2v) is 5.75. The average molecular weight is 366 g/mol. The van der Waals surface area contributed by atoms with Crippen LogP contribution in [0.15, 0.2) is 60.9 Å². The highest BCUT2D eigenvalue weighted by Crippen LogP contribution is 2.19. The SMILES string of the molecule is COc1cccc(Nc2ncc(C(=O)NCCc3ccccc3F)cn2)c1. The molecule has 0 saturated heterocycles. The van der Waals surface area contributed by atoms with Crippen molar-refractivity contribution in [2.75, 3.05) is 19.0 Å². The Kier molecular flexibility index (Phi) is 5.94. The number of hydrogen-bond acceptors (Lipinski definition) is 5. The summed E-state index contributed by atoms with van der Waals surface area (Å²) in [6.45, 7) is 0.323. The summed E-state index contributed by atoms with van der Waals surface area (Å²) in [5, 5.41) is 5.78. The number of benzene rings is 2. The maximum atomic E-state index is 13.6. The van der Waals surface area contributed by atoms with Crippen LogP contribution in [0.2, 0.25) is 0 Å². The summed E-state index contributed by atoms with van der Waals surface area (Å²) in [5.74, 6) is 0.499.